The maximum absolute atomic E-state index is 4.99. The molecule has 0 unspecified atom stereocenters. The molecule has 0 spiro atoms. The van der Waals surface area contributed by atoms with Gasteiger partial charge in [-0.2, -0.15) is 0 Å². The Bertz CT molecular complexity index is 705. The molecule has 2 aromatic carbocycles. The van der Waals surface area contributed by atoms with Crippen molar-refractivity contribution in [2.75, 3.05) is 7.11 Å². The second kappa shape index (κ2) is 7.40. The van der Waals surface area contributed by atoms with Gasteiger partial charge in [-0.25, -0.2) is 9.98 Å². The lowest BCUT2D eigenvalue weighted by molar-refractivity contribution is 0.422. The summed E-state index contributed by atoms with van der Waals surface area (Å²) in [6.07, 6.45) is 4.04. The lowest BCUT2D eigenvalue weighted by Crippen LogP contribution is -1.98. The molecule has 0 bridgehead atoms. The quantitative estimate of drug-likeness (QED) is 0.513. The van der Waals surface area contributed by atoms with E-state index in [0.29, 0.717) is 0 Å². The number of nitrogens with zero attached hydrogens (tertiary/aromatic N) is 3. The highest BCUT2D eigenvalue weighted by Gasteiger charge is 2.11. The van der Waals surface area contributed by atoms with E-state index in [-0.39, 0.29) is 0 Å². The van der Waals surface area contributed by atoms with Crippen LogP contribution in [0, 0.1) is 0 Å². The molecular weight excluding hydrogens is 286 g/mol. The maximum atomic E-state index is 4.99. The van der Waals surface area contributed by atoms with E-state index >= 15 is 0 Å². The molecule has 3 rings (SSSR count). The number of aliphatic imine (C=N–C) groups is 1. The van der Waals surface area contributed by atoms with Crippen molar-refractivity contribution in [1.29, 1.82) is 0 Å². The van der Waals surface area contributed by atoms with Gasteiger partial charge in [-0.3, -0.25) is 0 Å². The van der Waals surface area contributed by atoms with Crippen molar-refractivity contribution < 1.29 is 4.74 Å². The van der Waals surface area contributed by atoms with Gasteiger partial charge in [0.15, 0.2) is 12.2 Å². The third-order valence-electron chi connectivity index (χ3n) is 3.57. The molecule has 0 radical (unpaired) electrons. The second-order valence-corrected chi connectivity index (χ2v) is 5.26. The molecule has 0 aliphatic rings. The molecule has 0 saturated carbocycles. The summed E-state index contributed by atoms with van der Waals surface area (Å²) in [5.41, 5.74) is 3.37. The number of rotatable bonds is 6. The van der Waals surface area contributed by atoms with Crippen LogP contribution in [0.2, 0.25) is 0 Å². The number of ether oxygens (including phenoxy) is 1. The Morgan fingerprint density at radius 3 is 2.30 bits per heavy atom. The van der Waals surface area contributed by atoms with E-state index in [1.165, 1.54) is 17.5 Å². The van der Waals surface area contributed by atoms with Crippen LogP contribution in [0.5, 0.6) is 0 Å². The van der Waals surface area contributed by atoms with Gasteiger partial charge in [-0.15, -0.1) is 0 Å². The van der Waals surface area contributed by atoms with Crippen LogP contribution in [0.4, 0.5) is 5.82 Å². The fourth-order valence-electron chi connectivity index (χ4n) is 2.48. The Morgan fingerprint density at radius 1 is 1.00 bits per heavy atom. The molecule has 0 fully saturated rings. The van der Waals surface area contributed by atoms with E-state index in [1.807, 2.05) is 47.3 Å². The topological polar surface area (TPSA) is 39.4 Å². The Balaban J connectivity index is 1.89. The maximum Gasteiger partial charge on any atom is 0.175 e. The summed E-state index contributed by atoms with van der Waals surface area (Å²) >= 11 is 0. The van der Waals surface area contributed by atoms with Crippen molar-refractivity contribution in [2.45, 2.75) is 13.0 Å². The standard InChI is InChI=1S/C19H19N3O/c1-23-15-21-19-18(12-16-8-4-2-5-9-16)20-14-22(19)13-17-10-6-3-7-11-17/h2-11,14-15H,12-13H2,1H3/b21-15+. The first-order valence-electron chi connectivity index (χ1n) is 7.54. The zero-order valence-corrected chi connectivity index (χ0v) is 13.1. The van der Waals surface area contributed by atoms with Crippen molar-refractivity contribution in [3.8, 4) is 0 Å². The van der Waals surface area contributed by atoms with Gasteiger partial charge >= 0.3 is 0 Å². The number of imidazole rings is 1. The summed E-state index contributed by atoms with van der Waals surface area (Å²) in [4.78, 5) is 8.98. The largest absolute Gasteiger partial charge is 0.486 e. The average Bonchev–Trinajstić information content (AvgIpc) is 2.96. The Kier molecular flexibility index (Phi) is 4.84. The van der Waals surface area contributed by atoms with Crippen molar-refractivity contribution in [3.63, 3.8) is 0 Å². The van der Waals surface area contributed by atoms with Gasteiger partial charge in [0.25, 0.3) is 0 Å². The smallest absolute Gasteiger partial charge is 0.175 e. The molecule has 0 saturated heterocycles. The molecule has 0 aliphatic heterocycles. The SMILES string of the molecule is CO/C=N/c1c(Cc2ccccc2)ncn1Cc1ccccc1. The van der Waals surface area contributed by atoms with E-state index in [0.717, 1.165) is 24.5 Å². The number of hydrogen-bond donors (Lipinski definition) is 0. The van der Waals surface area contributed by atoms with Crippen LogP contribution in [0.1, 0.15) is 16.8 Å². The number of methoxy groups -OCH3 is 1. The van der Waals surface area contributed by atoms with Crippen molar-refractivity contribution in [2.24, 2.45) is 4.99 Å². The van der Waals surface area contributed by atoms with E-state index in [2.05, 4.69) is 34.2 Å². The summed E-state index contributed by atoms with van der Waals surface area (Å²) in [7, 11) is 1.60. The molecule has 3 aromatic rings. The highest BCUT2D eigenvalue weighted by Crippen LogP contribution is 2.22. The first-order valence-corrected chi connectivity index (χ1v) is 7.54. The van der Waals surface area contributed by atoms with Crippen LogP contribution in [0.15, 0.2) is 72.0 Å². The van der Waals surface area contributed by atoms with E-state index in [1.54, 1.807) is 7.11 Å². The molecular formula is C19H19N3O. The summed E-state index contributed by atoms with van der Waals surface area (Å²) in [6.45, 7) is 0.735. The van der Waals surface area contributed by atoms with Crippen LogP contribution < -0.4 is 0 Å². The van der Waals surface area contributed by atoms with Crippen LogP contribution in [0.3, 0.4) is 0 Å². The van der Waals surface area contributed by atoms with Crippen LogP contribution in [0.25, 0.3) is 0 Å². The minimum absolute atomic E-state index is 0.735. The predicted molar refractivity (Wildman–Crippen MR) is 92.2 cm³/mol. The summed E-state index contributed by atoms with van der Waals surface area (Å²) in [5.74, 6) is 0.833. The molecule has 1 heterocycles. The lowest BCUT2D eigenvalue weighted by atomic mass is 10.1. The normalized spacial score (nSPS) is 11.0. The van der Waals surface area contributed by atoms with Crippen LogP contribution in [-0.2, 0) is 17.7 Å². The van der Waals surface area contributed by atoms with Crippen molar-refractivity contribution in [3.05, 3.63) is 83.8 Å². The van der Waals surface area contributed by atoms with Crippen LogP contribution in [-0.4, -0.2) is 23.1 Å². The third-order valence-corrected chi connectivity index (χ3v) is 3.57. The average molecular weight is 305 g/mol. The van der Waals surface area contributed by atoms with Gasteiger partial charge in [0.2, 0.25) is 0 Å². The summed E-state index contributed by atoms with van der Waals surface area (Å²) < 4.78 is 7.04. The molecule has 1 aromatic heterocycles. The fourth-order valence-corrected chi connectivity index (χ4v) is 2.48. The van der Waals surface area contributed by atoms with Gasteiger partial charge in [0, 0.05) is 6.42 Å². The molecule has 116 valence electrons. The Morgan fingerprint density at radius 2 is 1.65 bits per heavy atom. The van der Waals surface area contributed by atoms with Gasteiger partial charge < -0.3 is 9.30 Å². The number of hydrogen-bond acceptors (Lipinski definition) is 3. The third kappa shape index (κ3) is 3.86. The fraction of sp³-hybridized carbons (Fsp3) is 0.158. The molecule has 0 atom stereocenters. The minimum atomic E-state index is 0.735. The Labute approximate surface area is 136 Å². The van der Waals surface area contributed by atoms with E-state index < -0.39 is 0 Å². The molecule has 4 heteroatoms. The van der Waals surface area contributed by atoms with Crippen molar-refractivity contribution in [1.82, 2.24) is 9.55 Å². The number of aromatic nitrogens is 2. The molecule has 0 N–H and O–H groups in total. The van der Waals surface area contributed by atoms with Crippen LogP contribution >= 0.6 is 0 Å². The lowest BCUT2D eigenvalue weighted by Gasteiger charge is -2.06. The summed E-state index contributed by atoms with van der Waals surface area (Å²) in [6, 6.07) is 20.6. The zero-order chi connectivity index (χ0) is 15.9. The molecule has 0 aliphatic carbocycles. The Hall–Kier alpha value is -2.88. The molecule has 4 nitrogen and oxygen atoms in total. The molecule has 23 heavy (non-hydrogen) atoms. The first-order chi connectivity index (χ1) is 11.4. The van der Waals surface area contributed by atoms with E-state index in [9.17, 15) is 0 Å². The molecule has 0 amide bonds. The van der Waals surface area contributed by atoms with Gasteiger partial charge in [0.1, 0.15) is 0 Å². The first kappa shape index (κ1) is 15.0. The number of benzene rings is 2. The monoisotopic (exact) mass is 305 g/mol. The highest BCUT2D eigenvalue weighted by molar-refractivity contribution is 5.55. The second-order valence-electron chi connectivity index (χ2n) is 5.26. The zero-order valence-electron chi connectivity index (χ0n) is 13.1. The van der Waals surface area contributed by atoms with Gasteiger partial charge in [-0.1, -0.05) is 60.7 Å². The summed E-state index contributed by atoms with van der Waals surface area (Å²) in [5, 5.41) is 0. The highest BCUT2D eigenvalue weighted by atomic mass is 16.5. The van der Waals surface area contributed by atoms with Gasteiger partial charge in [0.05, 0.1) is 25.7 Å². The minimum Gasteiger partial charge on any atom is -0.486 e. The van der Waals surface area contributed by atoms with Crippen molar-refractivity contribution >= 4 is 12.2 Å². The van der Waals surface area contributed by atoms with Gasteiger partial charge in [-0.05, 0) is 11.1 Å². The van der Waals surface area contributed by atoms with E-state index in [4.69, 9.17) is 4.74 Å². The predicted octanol–water partition coefficient (Wildman–Crippen LogP) is 3.83.